The van der Waals surface area contributed by atoms with Crippen molar-refractivity contribution in [1.82, 2.24) is 15.1 Å². The van der Waals surface area contributed by atoms with E-state index in [0.717, 1.165) is 17.7 Å². The highest BCUT2D eigenvalue weighted by Gasteiger charge is 2.44. The van der Waals surface area contributed by atoms with Crippen molar-refractivity contribution in [3.63, 3.8) is 0 Å². The smallest absolute Gasteiger partial charge is 0.254 e. The normalized spacial score (nSPS) is 21.3. The number of benzene rings is 2. The first-order chi connectivity index (χ1) is 14.3. The van der Waals surface area contributed by atoms with Gasteiger partial charge in [0, 0.05) is 31.1 Å². The zero-order valence-corrected chi connectivity index (χ0v) is 15.8. The number of rotatable bonds is 3. The van der Waals surface area contributed by atoms with E-state index in [4.69, 9.17) is 0 Å². The minimum absolute atomic E-state index is 0.0551. The Morgan fingerprint density at radius 2 is 1.73 bits per heavy atom. The number of fused-ring (bicyclic) bond motifs is 1. The zero-order chi connectivity index (χ0) is 21.4. The van der Waals surface area contributed by atoms with Crippen molar-refractivity contribution in [1.29, 1.82) is 0 Å². The van der Waals surface area contributed by atoms with Gasteiger partial charge in [-0.2, -0.15) is 0 Å². The van der Waals surface area contributed by atoms with Crippen LogP contribution in [0.2, 0.25) is 0 Å². The van der Waals surface area contributed by atoms with E-state index in [1.807, 2.05) is 0 Å². The molecule has 0 unspecified atom stereocenters. The fraction of sp³-hybridized carbons (Fsp3) is 0.286. The van der Waals surface area contributed by atoms with Crippen LogP contribution < -0.4 is 5.32 Å². The highest BCUT2D eigenvalue weighted by Crippen LogP contribution is 2.21. The lowest BCUT2D eigenvalue weighted by Gasteiger charge is -2.45. The van der Waals surface area contributed by atoms with E-state index in [1.165, 1.54) is 21.9 Å². The molecule has 0 radical (unpaired) electrons. The van der Waals surface area contributed by atoms with Gasteiger partial charge in [0.1, 0.15) is 29.5 Å². The largest absolute Gasteiger partial charge is 0.508 e. The average Bonchev–Trinajstić information content (AvgIpc) is 2.72. The molecule has 0 spiro atoms. The monoisotopic (exact) mass is 415 g/mol. The average molecular weight is 415 g/mol. The molecule has 2 N–H and O–H groups in total. The van der Waals surface area contributed by atoms with Crippen LogP contribution in [0.3, 0.4) is 0 Å². The van der Waals surface area contributed by atoms with Crippen LogP contribution in [0.1, 0.15) is 15.9 Å². The number of halogens is 2. The summed E-state index contributed by atoms with van der Waals surface area (Å²) in [5.41, 5.74) is 0.639. The fourth-order valence-corrected chi connectivity index (χ4v) is 3.85. The second kappa shape index (κ2) is 7.74. The minimum Gasteiger partial charge on any atom is -0.508 e. The number of phenolic OH excluding ortho intramolecular Hbond substituents is 1. The number of piperazine rings is 2. The number of aromatic hydroxyl groups is 1. The van der Waals surface area contributed by atoms with Crippen molar-refractivity contribution < 1.29 is 28.3 Å². The summed E-state index contributed by atoms with van der Waals surface area (Å²) in [4.78, 5) is 40.9. The van der Waals surface area contributed by atoms with E-state index in [9.17, 15) is 28.3 Å². The van der Waals surface area contributed by atoms with Crippen molar-refractivity contribution in [3.05, 3.63) is 65.2 Å². The van der Waals surface area contributed by atoms with Gasteiger partial charge in [0.25, 0.3) is 5.91 Å². The van der Waals surface area contributed by atoms with Crippen molar-refractivity contribution in [2.45, 2.75) is 18.5 Å². The Morgan fingerprint density at radius 1 is 1.07 bits per heavy atom. The first-order valence-corrected chi connectivity index (χ1v) is 9.46. The fourth-order valence-electron chi connectivity index (χ4n) is 3.85. The number of amides is 3. The Balaban J connectivity index is 1.46. The third-order valence-electron chi connectivity index (χ3n) is 5.35. The Morgan fingerprint density at radius 3 is 2.40 bits per heavy atom. The van der Waals surface area contributed by atoms with Gasteiger partial charge in [-0.05, 0) is 29.8 Å². The Bertz CT molecular complexity index is 992. The van der Waals surface area contributed by atoms with Gasteiger partial charge >= 0.3 is 0 Å². The van der Waals surface area contributed by atoms with Crippen LogP contribution in [0.15, 0.2) is 42.5 Å². The zero-order valence-electron chi connectivity index (χ0n) is 15.8. The molecule has 2 saturated heterocycles. The van der Waals surface area contributed by atoms with E-state index in [1.54, 1.807) is 12.1 Å². The van der Waals surface area contributed by atoms with Crippen LogP contribution in [0.4, 0.5) is 8.78 Å². The molecule has 2 aromatic rings. The summed E-state index contributed by atoms with van der Waals surface area (Å²) in [5.74, 6) is -2.85. The third-order valence-corrected chi connectivity index (χ3v) is 5.35. The van der Waals surface area contributed by atoms with Gasteiger partial charge in [0.05, 0.1) is 6.54 Å². The topological polar surface area (TPSA) is 89.9 Å². The molecular weight excluding hydrogens is 396 g/mol. The maximum Gasteiger partial charge on any atom is 0.254 e. The summed E-state index contributed by atoms with van der Waals surface area (Å²) in [6.07, 6.45) is 0.277. The molecule has 2 aromatic carbocycles. The standard InChI is InChI=1S/C21H19F2N3O4/c22-14-8-13(9-15(23)10-14)20(29)25-5-6-26-18(11-25)19(28)24-17(21(26)30)7-12-1-3-16(27)4-2-12/h1-4,8-10,17-18,27H,5-7,11H2,(H,24,28)/t17-,18-/m1/s1. The first-order valence-electron chi connectivity index (χ1n) is 9.46. The highest BCUT2D eigenvalue weighted by molar-refractivity contribution is 5.99. The molecule has 2 fully saturated rings. The van der Waals surface area contributed by atoms with E-state index in [2.05, 4.69) is 5.32 Å². The first kappa shape index (κ1) is 19.8. The summed E-state index contributed by atoms with van der Waals surface area (Å²) in [6, 6.07) is 7.33. The number of nitrogens with one attached hydrogen (secondary N) is 1. The molecular formula is C21H19F2N3O4. The molecule has 2 heterocycles. The summed E-state index contributed by atoms with van der Waals surface area (Å²) >= 11 is 0. The predicted octanol–water partition coefficient (Wildman–Crippen LogP) is 1.06. The van der Waals surface area contributed by atoms with Gasteiger partial charge in [0.15, 0.2) is 0 Å². The van der Waals surface area contributed by atoms with Gasteiger partial charge in [-0.15, -0.1) is 0 Å². The SMILES string of the molecule is O=C1N[C@H](Cc2ccc(O)cc2)C(=O)N2CCN(C(=O)c3cc(F)cc(F)c3)C[C@H]12. The molecule has 0 bridgehead atoms. The number of hydrogen-bond donors (Lipinski definition) is 2. The molecule has 30 heavy (non-hydrogen) atoms. The van der Waals surface area contributed by atoms with Crippen LogP contribution in [0, 0.1) is 11.6 Å². The van der Waals surface area contributed by atoms with Gasteiger partial charge in [-0.3, -0.25) is 14.4 Å². The predicted molar refractivity (Wildman–Crippen MR) is 102 cm³/mol. The lowest BCUT2D eigenvalue weighted by atomic mass is 9.98. The van der Waals surface area contributed by atoms with Crippen LogP contribution in [-0.4, -0.2) is 64.3 Å². The third kappa shape index (κ3) is 3.83. The van der Waals surface area contributed by atoms with Crippen LogP contribution >= 0.6 is 0 Å². The quantitative estimate of drug-likeness (QED) is 0.785. The van der Waals surface area contributed by atoms with E-state index >= 15 is 0 Å². The molecule has 156 valence electrons. The van der Waals surface area contributed by atoms with Gasteiger partial charge in [-0.1, -0.05) is 12.1 Å². The summed E-state index contributed by atoms with van der Waals surface area (Å²) in [7, 11) is 0. The number of hydrogen-bond acceptors (Lipinski definition) is 4. The van der Waals surface area contributed by atoms with E-state index in [0.29, 0.717) is 6.07 Å². The molecule has 0 aliphatic carbocycles. The van der Waals surface area contributed by atoms with Crippen LogP contribution in [0.25, 0.3) is 0 Å². The summed E-state index contributed by atoms with van der Waals surface area (Å²) in [6.45, 7) is 0.241. The van der Waals surface area contributed by atoms with Crippen molar-refractivity contribution in [2.24, 2.45) is 0 Å². The molecule has 2 atom stereocenters. The number of carbonyl (C=O) groups excluding carboxylic acids is 3. The summed E-state index contributed by atoms with van der Waals surface area (Å²) < 4.78 is 26.9. The van der Waals surface area contributed by atoms with E-state index < -0.39 is 29.6 Å². The van der Waals surface area contributed by atoms with Gasteiger partial charge in [-0.25, -0.2) is 8.78 Å². The maximum atomic E-state index is 13.4. The second-order valence-electron chi connectivity index (χ2n) is 7.39. The molecule has 9 heteroatoms. The number of carbonyl (C=O) groups is 3. The molecule has 2 aliphatic heterocycles. The minimum atomic E-state index is -0.861. The van der Waals surface area contributed by atoms with Gasteiger partial charge < -0.3 is 20.2 Å². The van der Waals surface area contributed by atoms with Crippen LogP contribution in [-0.2, 0) is 16.0 Å². The van der Waals surface area contributed by atoms with Crippen LogP contribution in [0.5, 0.6) is 5.75 Å². The second-order valence-corrected chi connectivity index (χ2v) is 7.39. The number of phenols is 1. The van der Waals surface area contributed by atoms with Crippen molar-refractivity contribution in [2.75, 3.05) is 19.6 Å². The number of nitrogens with zero attached hydrogens (tertiary/aromatic N) is 2. The lowest BCUT2D eigenvalue weighted by Crippen LogP contribution is -2.70. The Labute approximate surface area is 170 Å². The van der Waals surface area contributed by atoms with E-state index in [-0.39, 0.29) is 49.2 Å². The Kier molecular flexibility index (Phi) is 5.11. The molecule has 2 aliphatic rings. The van der Waals surface area contributed by atoms with Crippen molar-refractivity contribution in [3.8, 4) is 5.75 Å². The summed E-state index contributed by atoms with van der Waals surface area (Å²) in [5, 5.41) is 12.1. The maximum absolute atomic E-state index is 13.4. The highest BCUT2D eigenvalue weighted by atomic mass is 19.1. The van der Waals surface area contributed by atoms with Crippen molar-refractivity contribution >= 4 is 17.7 Å². The lowest BCUT2D eigenvalue weighted by molar-refractivity contribution is -0.152. The molecule has 7 nitrogen and oxygen atoms in total. The molecule has 0 saturated carbocycles. The molecule has 3 amide bonds. The molecule has 0 aromatic heterocycles. The molecule has 4 rings (SSSR count). The van der Waals surface area contributed by atoms with Gasteiger partial charge in [0.2, 0.25) is 11.8 Å². The Hall–Kier alpha value is -3.49.